The molecule has 4 heteroatoms. The second kappa shape index (κ2) is 6.50. The van der Waals surface area contributed by atoms with Crippen LogP contribution < -0.4 is 4.74 Å². The van der Waals surface area contributed by atoms with Crippen LogP contribution >= 0.6 is 0 Å². The van der Waals surface area contributed by atoms with E-state index in [-0.39, 0.29) is 0 Å². The highest BCUT2D eigenvalue weighted by Gasteiger charge is 2.03. The maximum Gasteiger partial charge on any atom is 0.137 e. The lowest BCUT2D eigenvalue weighted by Crippen LogP contribution is -1.95. The van der Waals surface area contributed by atoms with Crippen molar-refractivity contribution in [2.75, 3.05) is 7.11 Å². The van der Waals surface area contributed by atoms with Gasteiger partial charge >= 0.3 is 0 Å². The lowest BCUT2D eigenvalue weighted by molar-refractivity contribution is 0.414. The molecule has 0 aliphatic carbocycles. The Hall–Kier alpha value is -3.58. The standard InChI is InChI=1S/C21H15N3O/c1-25-19-4-2-3-16(13-19)5-6-17-7-8-21(23-14-17)24-12-10-18-9-11-22-15-20(18)24/h2-4,7-15H,1H3. The predicted octanol–water partition coefficient (Wildman–Crippen LogP) is 3.83. The van der Waals surface area contributed by atoms with Crippen molar-refractivity contribution in [3.05, 3.63) is 84.4 Å². The van der Waals surface area contributed by atoms with Crippen LogP contribution in [0.4, 0.5) is 0 Å². The fraction of sp³-hybridized carbons (Fsp3) is 0.0476. The van der Waals surface area contributed by atoms with E-state index in [1.807, 2.05) is 59.4 Å². The molecule has 0 bridgehead atoms. The smallest absolute Gasteiger partial charge is 0.137 e. The quantitative estimate of drug-likeness (QED) is 0.526. The molecule has 0 saturated carbocycles. The van der Waals surface area contributed by atoms with E-state index in [0.717, 1.165) is 33.6 Å². The van der Waals surface area contributed by atoms with Gasteiger partial charge in [0.05, 0.1) is 18.8 Å². The predicted molar refractivity (Wildman–Crippen MR) is 97.8 cm³/mol. The van der Waals surface area contributed by atoms with E-state index in [1.165, 1.54) is 0 Å². The number of benzene rings is 1. The van der Waals surface area contributed by atoms with Crippen molar-refractivity contribution in [2.45, 2.75) is 0 Å². The third kappa shape index (κ3) is 3.08. The van der Waals surface area contributed by atoms with Gasteiger partial charge in [-0.05, 0) is 42.5 Å². The van der Waals surface area contributed by atoms with E-state index in [1.54, 1.807) is 19.5 Å². The van der Waals surface area contributed by atoms with E-state index in [0.29, 0.717) is 0 Å². The Morgan fingerprint density at radius 2 is 1.88 bits per heavy atom. The van der Waals surface area contributed by atoms with Crippen LogP contribution in [-0.2, 0) is 0 Å². The molecule has 0 saturated heterocycles. The van der Waals surface area contributed by atoms with Crippen LogP contribution in [0, 0.1) is 11.8 Å². The van der Waals surface area contributed by atoms with Gasteiger partial charge in [0.15, 0.2) is 0 Å². The highest BCUT2D eigenvalue weighted by atomic mass is 16.5. The summed E-state index contributed by atoms with van der Waals surface area (Å²) in [5, 5.41) is 1.14. The number of nitrogens with zero attached hydrogens (tertiary/aromatic N) is 3. The van der Waals surface area contributed by atoms with Gasteiger partial charge in [0.25, 0.3) is 0 Å². The Kier molecular flexibility index (Phi) is 3.89. The molecule has 0 N–H and O–H groups in total. The zero-order valence-electron chi connectivity index (χ0n) is 13.7. The average molecular weight is 325 g/mol. The van der Waals surface area contributed by atoms with Gasteiger partial charge in [-0.3, -0.25) is 9.55 Å². The van der Waals surface area contributed by atoms with Gasteiger partial charge in [0, 0.05) is 35.1 Å². The maximum absolute atomic E-state index is 5.21. The summed E-state index contributed by atoms with van der Waals surface area (Å²) < 4.78 is 7.23. The molecule has 0 aliphatic rings. The van der Waals surface area contributed by atoms with E-state index in [2.05, 4.69) is 27.9 Å². The minimum atomic E-state index is 0.799. The Balaban J connectivity index is 1.61. The first-order chi connectivity index (χ1) is 12.3. The summed E-state index contributed by atoms with van der Waals surface area (Å²) in [6, 6.07) is 15.7. The monoisotopic (exact) mass is 325 g/mol. The molecule has 0 aliphatic heterocycles. The zero-order chi connectivity index (χ0) is 17.1. The number of ether oxygens (including phenoxy) is 1. The number of fused-ring (bicyclic) bond motifs is 1. The zero-order valence-corrected chi connectivity index (χ0v) is 13.7. The third-order valence-corrected chi connectivity index (χ3v) is 3.91. The summed E-state index contributed by atoms with van der Waals surface area (Å²) in [5.41, 5.74) is 2.80. The summed E-state index contributed by atoms with van der Waals surface area (Å²) in [6.07, 6.45) is 7.41. The summed E-state index contributed by atoms with van der Waals surface area (Å²) in [6.45, 7) is 0. The van der Waals surface area contributed by atoms with Crippen LogP contribution in [0.15, 0.2) is 73.3 Å². The molecule has 0 fully saturated rings. The first kappa shape index (κ1) is 15.0. The topological polar surface area (TPSA) is 39.9 Å². The third-order valence-electron chi connectivity index (χ3n) is 3.91. The number of rotatable bonds is 2. The number of hydrogen-bond donors (Lipinski definition) is 0. The van der Waals surface area contributed by atoms with Crippen LogP contribution in [0.2, 0.25) is 0 Å². The Morgan fingerprint density at radius 1 is 0.960 bits per heavy atom. The van der Waals surface area contributed by atoms with Gasteiger partial charge in [-0.1, -0.05) is 17.9 Å². The Morgan fingerprint density at radius 3 is 2.72 bits per heavy atom. The average Bonchev–Trinajstić information content (AvgIpc) is 3.11. The fourth-order valence-electron chi connectivity index (χ4n) is 2.62. The van der Waals surface area contributed by atoms with Gasteiger partial charge < -0.3 is 4.74 Å². The molecule has 0 unspecified atom stereocenters. The van der Waals surface area contributed by atoms with Gasteiger partial charge in [-0.15, -0.1) is 0 Å². The van der Waals surface area contributed by atoms with Crippen molar-refractivity contribution >= 4 is 10.9 Å². The van der Waals surface area contributed by atoms with Crippen molar-refractivity contribution in [1.29, 1.82) is 0 Å². The summed E-state index contributed by atoms with van der Waals surface area (Å²) in [5.74, 6) is 7.91. The molecule has 0 spiro atoms. The first-order valence-electron chi connectivity index (χ1n) is 7.87. The summed E-state index contributed by atoms with van der Waals surface area (Å²) >= 11 is 0. The van der Waals surface area contributed by atoms with Crippen LogP contribution in [0.25, 0.3) is 16.7 Å². The van der Waals surface area contributed by atoms with Crippen LogP contribution in [-0.4, -0.2) is 21.6 Å². The van der Waals surface area contributed by atoms with Crippen molar-refractivity contribution < 1.29 is 4.74 Å². The van der Waals surface area contributed by atoms with E-state index in [9.17, 15) is 0 Å². The maximum atomic E-state index is 5.21. The first-order valence-corrected chi connectivity index (χ1v) is 7.87. The summed E-state index contributed by atoms with van der Waals surface area (Å²) in [4.78, 5) is 8.71. The minimum absolute atomic E-state index is 0.799. The molecule has 120 valence electrons. The largest absolute Gasteiger partial charge is 0.497 e. The van der Waals surface area contributed by atoms with Gasteiger partial charge in [0.1, 0.15) is 11.6 Å². The molecule has 1 aromatic carbocycles. The second-order valence-electron chi connectivity index (χ2n) is 5.51. The second-order valence-corrected chi connectivity index (χ2v) is 5.51. The molecule has 0 atom stereocenters. The van der Waals surface area contributed by atoms with Crippen LogP contribution in [0.5, 0.6) is 5.75 Å². The van der Waals surface area contributed by atoms with E-state index < -0.39 is 0 Å². The molecule has 0 amide bonds. The minimum Gasteiger partial charge on any atom is -0.497 e. The molecule has 3 aromatic heterocycles. The molecular formula is C21H15N3O. The lowest BCUT2D eigenvalue weighted by Gasteiger charge is -2.03. The number of hydrogen-bond acceptors (Lipinski definition) is 3. The van der Waals surface area contributed by atoms with Crippen LogP contribution in [0.1, 0.15) is 11.1 Å². The molecular weight excluding hydrogens is 310 g/mol. The van der Waals surface area contributed by atoms with Crippen molar-refractivity contribution in [3.8, 4) is 23.4 Å². The highest BCUT2D eigenvalue weighted by Crippen LogP contribution is 2.18. The van der Waals surface area contributed by atoms with Crippen molar-refractivity contribution in [3.63, 3.8) is 0 Å². The molecule has 25 heavy (non-hydrogen) atoms. The van der Waals surface area contributed by atoms with Gasteiger partial charge in [-0.2, -0.15) is 0 Å². The molecule has 3 heterocycles. The SMILES string of the molecule is COc1cccc(C#Cc2ccc(-n3ccc4ccncc43)nc2)c1. The van der Waals surface area contributed by atoms with Crippen molar-refractivity contribution in [1.82, 2.24) is 14.5 Å². The highest BCUT2D eigenvalue weighted by molar-refractivity contribution is 5.80. The number of aromatic nitrogens is 3. The summed E-state index contributed by atoms with van der Waals surface area (Å²) in [7, 11) is 1.65. The van der Waals surface area contributed by atoms with E-state index >= 15 is 0 Å². The van der Waals surface area contributed by atoms with Crippen LogP contribution in [0.3, 0.4) is 0 Å². The molecule has 4 nitrogen and oxygen atoms in total. The Bertz CT molecular complexity index is 1090. The molecule has 0 radical (unpaired) electrons. The molecule has 4 aromatic rings. The van der Waals surface area contributed by atoms with E-state index in [4.69, 9.17) is 4.74 Å². The fourth-order valence-corrected chi connectivity index (χ4v) is 2.62. The van der Waals surface area contributed by atoms with Gasteiger partial charge in [-0.25, -0.2) is 4.98 Å². The van der Waals surface area contributed by atoms with Crippen molar-refractivity contribution in [2.24, 2.45) is 0 Å². The lowest BCUT2D eigenvalue weighted by atomic mass is 10.2. The number of pyridine rings is 2. The van der Waals surface area contributed by atoms with Gasteiger partial charge in [0.2, 0.25) is 0 Å². The molecule has 4 rings (SSSR count). The Labute approximate surface area is 145 Å². The normalized spacial score (nSPS) is 10.3. The number of methoxy groups -OCH3 is 1.